The molecule has 0 rings (SSSR count). The van der Waals surface area contributed by atoms with Crippen LogP contribution in [0.15, 0.2) is 12.2 Å². The fourth-order valence-electron chi connectivity index (χ4n) is 1.79. The maximum Gasteiger partial charge on any atom is 0.325 e. The van der Waals surface area contributed by atoms with Crippen LogP contribution in [0.5, 0.6) is 0 Å². The number of phosphoric acid groups is 1. The summed E-state index contributed by atoms with van der Waals surface area (Å²) < 4.78 is 20.9. The number of phosphoric ester groups is 1. The molecule has 8 heteroatoms. The molecule has 0 aliphatic heterocycles. The Hall–Kier alpha value is -0.720. The van der Waals surface area contributed by atoms with Crippen molar-refractivity contribution in [3.8, 4) is 0 Å². The standard InChI is InChI=1S/C15H31N2O5P/c1-14(2)15(18)16-12-10-8-6-7-9-11-13-21-23(19,20)22-17(3,4)5/h1,6-13H2,2-5H3,(H-,16,18,19,20). The first-order chi connectivity index (χ1) is 10.5. The molecule has 23 heavy (non-hydrogen) atoms. The number of hydrogen-bond acceptors (Lipinski definition) is 5. The van der Waals surface area contributed by atoms with Crippen LogP contribution < -0.4 is 10.2 Å². The molecule has 0 aromatic carbocycles. The Morgan fingerprint density at radius 2 is 1.65 bits per heavy atom. The predicted octanol–water partition coefficient (Wildman–Crippen LogP) is 2.14. The lowest BCUT2D eigenvalue weighted by Crippen LogP contribution is -2.35. The maximum atomic E-state index is 11.5. The average molecular weight is 350 g/mol. The fraction of sp³-hybridized carbons (Fsp3) is 0.800. The number of nitrogens with zero attached hydrogens (tertiary/aromatic N) is 1. The van der Waals surface area contributed by atoms with Crippen LogP contribution >= 0.6 is 7.82 Å². The van der Waals surface area contributed by atoms with E-state index in [1.165, 1.54) is 0 Å². The highest BCUT2D eigenvalue weighted by molar-refractivity contribution is 7.45. The van der Waals surface area contributed by atoms with Gasteiger partial charge in [-0.25, -0.2) is 0 Å². The number of carbonyl (C=O) groups is 1. The zero-order chi connectivity index (χ0) is 17.9. The molecule has 136 valence electrons. The minimum Gasteiger partial charge on any atom is -0.752 e. The average Bonchev–Trinajstić information content (AvgIpc) is 2.37. The van der Waals surface area contributed by atoms with Crippen molar-refractivity contribution in [3.05, 3.63) is 12.2 Å². The second kappa shape index (κ2) is 10.9. The molecule has 0 bridgehead atoms. The van der Waals surface area contributed by atoms with E-state index in [-0.39, 0.29) is 17.2 Å². The van der Waals surface area contributed by atoms with E-state index in [9.17, 15) is 14.3 Å². The molecule has 0 aliphatic rings. The third-order valence-corrected chi connectivity index (χ3v) is 4.03. The summed E-state index contributed by atoms with van der Waals surface area (Å²) in [7, 11) is 0.584. The van der Waals surface area contributed by atoms with Crippen LogP contribution in [-0.2, 0) is 18.5 Å². The minimum absolute atomic E-state index is 0.0970. The van der Waals surface area contributed by atoms with Gasteiger partial charge in [0, 0.05) is 12.1 Å². The van der Waals surface area contributed by atoms with E-state index < -0.39 is 7.82 Å². The van der Waals surface area contributed by atoms with Gasteiger partial charge in [0.2, 0.25) is 5.91 Å². The Labute approximate surface area is 139 Å². The summed E-state index contributed by atoms with van der Waals surface area (Å²) in [5, 5.41) is 2.79. The van der Waals surface area contributed by atoms with Crippen molar-refractivity contribution in [1.82, 2.24) is 5.32 Å². The first-order valence-corrected chi connectivity index (χ1v) is 9.42. The normalized spacial score (nSPS) is 14.3. The fourth-order valence-corrected chi connectivity index (χ4v) is 2.79. The van der Waals surface area contributed by atoms with E-state index in [0.29, 0.717) is 18.5 Å². The molecule has 0 saturated carbocycles. The first-order valence-electron chi connectivity index (χ1n) is 7.95. The van der Waals surface area contributed by atoms with E-state index >= 15 is 0 Å². The smallest absolute Gasteiger partial charge is 0.325 e. The molecular weight excluding hydrogens is 319 g/mol. The van der Waals surface area contributed by atoms with Crippen LogP contribution in [-0.4, -0.2) is 44.8 Å². The maximum absolute atomic E-state index is 11.5. The Balaban J connectivity index is 3.48. The van der Waals surface area contributed by atoms with Gasteiger partial charge in [-0.2, -0.15) is 4.65 Å². The first kappa shape index (κ1) is 22.3. The van der Waals surface area contributed by atoms with Gasteiger partial charge in [0.05, 0.1) is 27.7 Å². The van der Waals surface area contributed by atoms with Gasteiger partial charge in [0.25, 0.3) is 0 Å². The van der Waals surface area contributed by atoms with Crippen LogP contribution in [0.1, 0.15) is 45.4 Å². The van der Waals surface area contributed by atoms with Crippen LogP contribution in [0.3, 0.4) is 0 Å². The van der Waals surface area contributed by atoms with Crippen molar-refractivity contribution in [1.29, 1.82) is 0 Å². The van der Waals surface area contributed by atoms with Gasteiger partial charge in [-0.3, -0.25) is 9.36 Å². The number of unbranched alkanes of at least 4 members (excludes halogenated alkanes) is 5. The number of hydrogen-bond donors (Lipinski definition) is 1. The van der Waals surface area contributed by atoms with Crippen molar-refractivity contribution in [2.45, 2.75) is 45.4 Å². The lowest BCUT2D eigenvalue weighted by atomic mass is 10.1. The second-order valence-corrected chi connectivity index (χ2v) is 7.72. The monoisotopic (exact) mass is 350 g/mol. The lowest BCUT2D eigenvalue weighted by Gasteiger charge is -2.29. The molecule has 1 N–H and O–H groups in total. The zero-order valence-electron chi connectivity index (χ0n) is 14.8. The Morgan fingerprint density at radius 3 is 2.17 bits per heavy atom. The van der Waals surface area contributed by atoms with Crippen LogP contribution in [0.4, 0.5) is 0 Å². The summed E-state index contributed by atoms with van der Waals surface area (Å²) in [4.78, 5) is 22.7. The number of hydroxylamine groups is 3. The third kappa shape index (κ3) is 14.6. The van der Waals surface area contributed by atoms with Crippen molar-refractivity contribution in [2.75, 3.05) is 34.3 Å². The Kier molecular flexibility index (Phi) is 10.6. The van der Waals surface area contributed by atoms with Crippen molar-refractivity contribution >= 4 is 13.7 Å². The van der Waals surface area contributed by atoms with Gasteiger partial charge in [-0.15, -0.1) is 4.62 Å². The number of carbonyl (C=O) groups excluding carboxylic acids is 1. The topological polar surface area (TPSA) is 87.7 Å². The highest BCUT2D eigenvalue weighted by Crippen LogP contribution is 2.40. The molecule has 0 aromatic heterocycles. The van der Waals surface area contributed by atoms with Gasteiger partial charge < -0.3 is 14.7 Å². The number of nitrogens with one attached hydrogen (secondary N) is 1. The highest BCUT2D eigenvalue weighted by atomic mass is 31.2. The Bertz CT molecular complexity index is 421. The minimum atomic E-state index is -4.23. The molecule has 0 fully saturated rings. The predicted molar refractivity (Wildman–Crippen MR) is 88.2 cm³/mol. The van der Waals surface area contributed by atoms with Gasteiger partial charge >= 0.3 is 7.82 Å². The molecule has 0 spiro atoms. The molecular formula is C15H31N2O5P. The number of amides is 1. The summed E-state index contributed by atoms with van der Waals surface area (Å²) in [6.45, 7) is 6.07. The van der Waals surface area contributed by atoms with Gasteiger partial charge in [-0.1, -0.05) is 32.3 Å². The van der Waals surface area contributed by atoms with Crippen LogP contribution in [0.2, 0.25) is 0 Å². The molecule has 0 heterocycles. The molecule has 1 amide bonds. The number of rotatable bonds is 13. The van der Waals surface area contributed by atoms with Gasteiger partial charge in [-0.05, 0) is 19.8 Å². The molecule has 0 saturated heterocycles. The highest BCUT2D eigenvalue weighted by Gasteiger charge is 2.20. The van der Waals surface area contributed by atoms with E-state index in [4.69, 9.17) is 9.15 Å². The molecule has 7 nitrogen and oxygen atoms in total. The zero-order valence-corrected chi connectivity index (χ0v) is 15.7. The second-order valence-electron chi connectivity index (χ2n) is 6.41. The van der Waals surface area contributed by atoms with Crippen LogP contribution in [0.25, 0.3) is 0 Å². The quantitative estimate of drug-likeness (QED) is 0.181. The summed E-state index contributed by atoms with van der Waals surface area (Å²) >= 11 is 0. The number of quaternary nitrogens is 1. The van der Waals surface area contributed by atoms with E-state index in [0.717, 1.165) is 32.1 Å². The summed E-state index contributed by atoms with van der Waals surface area (Å²) in [5.74, 6) is -0.0970. The van der Waals surface area contributed by atoms with Crippen molar-refractivity contribution in [3.63, 3.8) is 0 Å². The Morgan fingerprint density at radius 1 is 1.13 bits per heavy atom. The third-order valence-electron chi connectivity index (χ3n) is 2.84. The molecule has 0 aromatic rings. The largest absolute Gasteiger partial charge is 0.752 e. The van der Waals surface area contributed by atoms with E-state index in [2.05, 4.69) is 11.9 Å². The molecule has 0 radical (unpaired) electrons. The van der Waals surface area contributed by atoms with Crippen molar-refractivity contribution < 1.29 is 28.0 Å². The summed E-state index contributed by atoms with van der Waals surface area (Å²) in [6, 6.07) is 0. The van der Waals surface area contributed by atoms with Crippen LogP contribution in [0, 0.1) is 0 Å². The van der Waals surface area contributed by atoms with Gasteiger partial charge in [0.15, 0.2) is 0 Å². The summed E-state index contributed by atoms with van der Waals surface area (Å²) in [5.41, 5.74) is 0.523. The lowest BCUT2D eigenvalue weighted by molar-refractivity contribution is -1.04. The van der Waals surface area contributed by atoms with Crippen molar-refractivity contribution in [2.24, 2.45) is 0 Å². The van der Waals surface area contributed by atoms with Gasteiger partial charge in [0.1, 0.15) is 0 Å². The molecule has 1 unspecified atom stereocenters. The SMILES string of the molecule is C=C(C)C(=O)NCCCCCCCCOP(=O)([O-])O[N+](C)(C)C. The van der Waals surface area contributed by atoms with E-state index in [1.807, 2.05) is 0 Å². The molecule has 0 aliphatic carbocycles. The molecule has 1 atom stereocenters. The summed E-state index contributed by atoms with van der Waals surface area (Å²) in [6.07, 6.45) is 5.61. The van der Waals surface area contributed by atoms with E-state index in [1.54, 1.807) is 28.1 Å².